The van der Waals surface area contributed by atoms with Crippen molar-refractivity contribution >= 4 is 17.9 Å². The average Bonchev–Trinajstić information content (AvgIpc) is 2.47. The van der Waals surface area contributed by atoms with Gasteiger partial charge in [-0.25, -0.2) is 4.79 Å². The zero-order valence-corrected chi connectivity index (χ0v) is 11.1. The standard InChI is InChI=1S/C13H19N3O2/c1-9-11(7-8-12(17)18)13(16(3)14-9)15(2)10-5-4-6-10/h7-8,10H,4-6H2,1-3H3,(H,17,18)/b8-7+. The molecule has 1 aliphatic carbocycles. The molecule has 1 saturated carbocycles. The predicted molar refractivity (Wildman–Crippen MR) is 70.7 cm³/mol. The topological polar surface area (TPSA) is 58.4 Å². The third-order valence-corrected chi connectivity index (χ3v) is 3.59. The number of aromatic nitrogens is 2. The molecule has 2 rings (SSSR count). The number of hydrogen-bond acceptors (Lipinski definition) is 3. The van der Waals surface area contributed by atoms with Crippen LogP contribution in [0.2, 0.25) is 0 Å². The number of anilines is 1. The minimum absolute atomic E-state index is 0.553. The van der Waals surface area contributed by atoms with E-state index in [1.54, 1.807) is 6.08 Å². The first-order valence-electron chi connectivity index (χ1n) is 6.18. The SMILES string of the molecule is Cc1nn(C)c(N(C)C2CCC2)c1/C=C/C(=O)O. The first kappa shape index (κ1) is 12.7. The number of nitrogens with zero attached hydrogens (tertiary/aromatic N) is 3. The van der Waals surface area contributed by atoms with Gasteiger partial charge in [-0.3, -0.25) is 4.68 Å². The fraction of sp³-hybridized carbons (Fsp3) is 0.538. The van der Waals surface area contributed by atoms with E-state index in [0.717, 1.165) is 17.1 Å². The van der Waals surface area contributed by atoms with Crippen molar-refractivity contribution in [1.29, 1.82) is 0 Å². The summed E-state index contributed by atoms with van der Waals surface area (Å²) in [6, 6.07) is 0.553. The van der Waals surface area contributed by atoms with E-state index in [9.17, 15) is 4.79 Å². The molecule has 0 saturated heterocycles. The van der Waals surface area contributed by atoms with Crippen molar-refractivity contribution in [1.82, 2.24) is 9.78 Å². The number of carbonyl (C=O) groups is 1. The van der Waals surface area contributed by atoms with Gasteiger partial charge in [-0.1, -0.05) is 0 Å². The lowest BCUT2D eigenvalue weighted by Gasteiger charge is -2.36. The van der Waals surface area contributed by atoms with Gasteiger partial charge in [0.15, 0.2) is 0 Å². The zero-order valence-electron chi connectivity index (χ0n) is 11.1. The second-order valence-electron chi connectivity index (χ2n) is 4.81. The van der Waals surface area contributed by atoms with Gasteiger partial charge in [0.05, 0.1) is 5.69 Å². The molecule has 18 heavy (non-hydrogen) atoms. The van der Waals surface area contributed by atoms with Crippen molar-refractivity contribution in [2.45, 2.75) is 32.2 Å². The maximum atomic E-state index is 10.6. The Bertz CT molecular complexity index is 487. The molecule has 98 valence electrons. The van der Waals surface area contributed by atoms with Crippen LogP contribution in [-0.2, 0) is 11.8 Å². The van der Waals surface area contributed by atoms with E-state index in [1.165, 1.54) is 25.3 Å². The molecule has 0 atom stereocenters. The van der Waals surface area contributed by atoms with E-state index < -0.39 is 5.97 Å². The highest BCUT2D eigenvalue weighted by Gasteiger charge is 2.26. The Morgan fingerprint density at radius 3 is 2.72 bits per heavy atom. The Labute approximate surface area is 107 Å². The summed E-state index contributed by atoms with van der Waals surface area (Å²) in [6.45, 7) is 1.90. The lowest BCUT2D eigenvalue weighted by molar-refractivity contribution is -0.131. The van der Waals surface area contributed by atoms with Crippen LogP contribution in [0.1, 0.15) is 30.5 Å². The molecule has 1 N–H and O–H groups in total. The fourth-order valence-electron chi connectivity index (χ4n) is 2.38. The zero-order chi connectivity index (χ0) is 13.3. The van der Waals surface area contributed by atoms with Crippen LogP contribution in [0, 0.1) is 6.92 Å². The number of aliphatic carboxylic acids is 1. The van der Waals surface area contributed by atoms with Crippen LogP contribution < -0.4 is 4.90 Å². The lowest BCUT2D eigenvalue weighted by atomic mass is 9.91. The Morgan fingerprint density at radius 1 is 1.56 bits per heavy atom. The van der Waals surface area contributed by atoms with Crippen molar-refractivity contribution in [2.24, 2.45) is 7.05 Å². The van der Waals surface area contributed by atoms with Gasteiger partial charge in [0.2, 0.25) is 0 Å². The molecule has 0 unspecified atom stereocenters. The van der Waals surface area contributed by atoms with Crippen LogP contribution in [0.25, 0.3) is 6.08 Å². The van der Waals surface area contributed by atoms with Crippen molar-refractivity contribution in [3.05, 3.63) is 17.3 Å². The minimum Gasteiger partial charge on any atom is -0.478 e. The van der Waals surface area contributed by atoms with Gasteiger partial charge in [0.1, 0.15) is 5.82 Å². The normalized spacial score (nSPS) is 15.9. The van der Waals surface area contributed by atoms with Gasteiger partial charge >= 0.3 is 5.97 Å². The maximum absolute atomic E-state index is 10.6. The quantitative estimate of drug-likeness (QED) is 0.827. The van der Waals surface area contributed by atoms with E-state index >= 15 is 0 Å². The van der Waals surface area contributed by atoms with Crippen LogP contribution in [0.3, 0.4) is 0 Å². The molecule has 1 aliphatic rings. The first-order valence-corrected chi connectivity index (χ1v) is 6.18. The van der Waals surface area contributed by atoms with Crippen LogP contribution in [-0.4, -0.2) is 33.9 Å². The third kappa shape index (κ3) is 2.25. The van der Waals surface area contributed by atoms with E-state index in [2.05, 4.69) is 17.0 Å². The Balaban J connectivity index is 2.35. The average molecular weight is 249 g/mol. The fourth-order valence-corrected chi connectivity index (χ4v) is 2.38. The lowest BCUT2D eigenvalue weighted by Crippen LogP contribution is -2.38. The van der Waals surface area contributed by atoms with E-state index in [1.807, 2.05) is 18.7 Å². The highest BCUT2D eigenvalue weighted by Crippen LogP contribution is 2.31. The van der Waals surface area contributed by atoms with Gasteiger partial charge < -0.3 is 10.0 Å². The second-order valence-corrected chi connectivity index (χ2v) is 4.81. The summed E-state index contributed by atoms with van der Waals surface area (Å²) in [4.78, 5) is 12.9. The molecular weight excluding hydrogens is 230 g/mol. The van der Waals surface area contributed by atoms with E-state index in [4.69, 9.17) is 5.11 Å². The van der Waals surface area contributed by atoms with E-state index in [-0.39, 0.29) is 0 Å². The Kier molecular flexibility index (Phi) is 3.41. The molecule has 5 heteroatoms. The van der Waals surface area contributed by atoms with Crippen molar-refractivity contribution in [3.63, 3.8) is 0 Å². The molecule has 0 bridgehead atoms. The molecule has 1 heterocycles. The predicted octanol–water partition coefficient (Wildman–Crippen LogP) is 1.82. The molecule has 1 aromatic heterocycles. The van der Waals surface area contributed by atoms with Gasteiger partial charge in [-0.15, -0.1) is 0 Å². The minimum atomic E-state index is -0.935. The molecule has 0 aromatic carbocycles. The Morgan fingerprint density at radius 2 is 2.22 bits per heavy atom. The van der Waals surface area contributed by atoms with Crippen LogP contribution in [0.5, 0.6) is 0 Å². The largest absolute Gasteiger partial charge is 0.478 e. The van der Waals surface area contributed by atoms with Crippen LogP contribution in [0.15, 0.2) is 6.08 Å². The van der Waals surface area contributed by atoms with E-state index in [0.29, 0.717) is 6.04 Å². The van der Waals surface area contributed by atoms with Crippen molar-refractivity contribution in [3.8, 4) is 0 Å². The first-order chi connectivity index (χ1) is 8.50. The summed E-state index contributed by atoms with van der Waals surface area (Å²) in [5, 5.41) is 13.1. The number of hydrogen-bond donors (Lipinski definition) is 1. The smallest absolute Gasteiger partial charge is 0.328 e. The van der Waals surface area contributed by atoms with Crippen LogP contribution in [0.4, 0.5) is 5.82 Å². The van der Waals surface area contributed by atoms with Crippen molar-refractivity contribution < 1.29 is 9.90 Å². The highest BCUT2D eigenvalue weighted by molar-refractivity contribution is 5.87. The maximum Gasteiger partial charge on any atom is 0.328 e. The van der Waals surface area contributed by atoms with Gasteiger partial charge in [-0.2, -0.15) is 5.10 Å². The summed E-state index contributed by atoms with van der Waals surface area (Å²) in [5.74, 6) is 0.0604. The highest BCUT2D eigenvalue weighted by atomic mass is 16.4. The van der Waals surface area contributed by atoms with Gasteiger partial charge in [0, 0.05) is 31.8 Å². The summed E-state index contributed by atoms with van der Waals surface area (Å²) >= 11 is 0. The monoisotopic (exact) mass is 249 g/mol. The number of aryl methyl sites for hydroxylation is 2. The van der Waals surface area contributed by atoms with Crippen LogP contribution >= 0.6 is 0 Å². The Hall–Kier alpha value is -1.78. The molecule has 5 nitrogen and oxygen atoms in total. The van der Waals surface area contributed by atoms with Gasteiger partial charge in [-0.05, 0) is 32.3 Å². The molecule has 0 aliphatic heterocycles. The summed E-state index contributed by atoms with van der Waals surface area (Å²) in [6.07, 6.45) is 6.47. The molecule has 0 radical (unpaired) electrons. The summed E-state index contributed by atoms with van der Waals surface area (Å²) in [5.41, 5.74) is 1.76. The molecule has 0 spiro atoms. The molecule has 1 fully saturated rings. The molecule has 1 aromatic rings. The number of carboxylic acids is 1. The number of rotatable bonds is 4. The summed E-state index contributed by atoms with van der Waals surface area (Å²) in [7, 11) is 3.95. The third-order valence-electron chi connectivity index (χ3n) is 3.59. The van der Waals surface area contributed by atoms with Gasteiger partial charge in [0.25, 0.3) is 0 Å². The number of carboxylic acid groups (broad SMARTS) is 1. The molecular formula is C13H19N3O2. The summed E-state index contributed by atoms with van der Waals surface area (Å²) < 4.78 is 1.83. The van der Waals surface area contributed by atoms with Crippen molar-refractivity contribution in [2.75, 3.05) is 11.9 Å². The molecule has 0 amide bonds. The second kappa shape index (κ2) is 4.84.